The van der Waals surface area contributed by atoms with Crippen molar-refractivity contribution in [2.24, 2.45) is 7.05 Å². The number of ether oxygens (including phenoxy) is 1. The first-order chi connectivity index (χ1) is 16.0. The third kappa shape index (κ3) is 4.94. The fourth-order valence-electron chi connectivity index (χ4n) is 3.73. The topological polar surface area (TPSA) is 85.2 Å². The van der Waals surface area contributed by atoms with Gasteiger partial charge in [0.2, 0.25) is 5.91 Å². The Hall–Kier alpha value is -3.97. The maximum Gasteiger partial charge on any atom is 0.251 e. The standard InChI is InChI=1S/C26H26N4O3/c1-17-9-11-18(12-10-17)15-27-26(32)20-13-21(28-23(31)16-33-3)24-22(14-20)29-25(30(24)2)19-7-5-4-6-8-19/h4-14H,15-16H2,1-3H3,(H,27,32)(H,28,31). The lowest BCUT2D eigenvalue weighted by Gasteiger charge is -2.11. The van der Waals surface area contributed by atoms with Crippen LogP contribution in [-0.4, -0.2) is 35.1 Å². The highest BCUT2D eigenvalue weighted by Gasteiger charge is 2.18. The van der Waals surface area contributed by atoms with Crippen LogP contribution in [0.1, 0.15) is 21.5 Å². The van der Waals surface area contributed by atoms with Gasteiger partial charge in [0.25, 0.3) is 5.91 Å². The number of hydrogen-bond acceptors (Lipinski definition) is 4. The highest BCUT2D eigenvalue weighted by molar-refractivity contribution is 6.06. The molecule has 2 N–H and O–H groups in total. The first-order valence-electron chi connectivity index (χ1n) is 10.6. The number of carbonyl (C=O) groups is 2. The highest BCUT2D eigenvalue weighted by atomic mass is 16.5. The van der Waals surface area contributed by atoms with Gasteiger partial charge in [0.15, 0.2) is 0 Å². The fourth-order valence-corrected chi connectivity index (χ4v) is 3.73. The van der Waals surface area contributed by atoms with E-state index in [1.54, 1.807) is 12.1 Å². The number of nitrogens with zero attached hydrogens (tertiary/aromatic N) is 2. The summed E-state index contributed by atoms with van der Waals surface area (Å²) >= 11 is 0. The smallest absolute Gasteiger partial charge is 0.251 e. The van der Waals surface area contributed by atoms with Crippen LogP contribution >= 0.6 is 0 Å². The van der Waals surface area contributed by atoms with Gasteiger partial charge in [-0.25, -0.2) is 4.98 Å². The van der Waals surface area contributed by atoms with E-state index in [0.29, 0.717) is 23.3 Å². The van der Waals surface area contributed by atoms with Gasteiger partial charge in [-0.15, -0.1) is 0 Å². The minimum atomic E-state index is -0.307. The Morgan fingerprint density at radius 1 is 1.03 bits per heavy atom. The molecule has 0 spiro atoms. The quantitative estimate of drug-likeness (QED) is 0.452. The van der Waals surface area contributed by atoms with Crippen molar-refractivity contribution in [1.29, 1.82) is 0 Å². The number of aryl methyl sites for hydroxylation is 2. The molecule has 0 bridgehead atoms. The number of amides is 2. The van der Waals surface area contributed by atoms with Gasteiger partial charge < -0.3 is 19.9 Å². The molecule has 0 aliphatic heterocycles. The second-order valence-corrected chi connectivity index (χ2v) is 7.90. The summed E-state index contributed by atoms with van der Waals surface area (Å²) in [5.74, 6) is 0.190. The Kier molecular flexibility index (Phi) is 6.51. The number of aromatic nitrogens is 2. The second-order valence-electron chi connectivity index (χ2n) is 7.90. The van der Waals surface area contributed by atoms with Crippen LogP contribution in [0.2, 0.25) is 0 Å². The second kappa shape index (κ2) is 9.67. The summed E-state index contributed by atoms with van der Waals surface area (Å²) in [6, 6.07) is 21.2. The van der Waals surface area contributed by atoms with E-state index in [1.807, 2.05) is 73.1 Å². The van der Waals surface area contributed by atoms with Gasteiger partial charge in [0.1, 0.15) is 12.4 Å². The Balaban J connectivity index is 1.71. The molecule has 4 rings (SSSR count). The zero-order chi connectivity index (χ0) is 23.4. The molecule has 0 fully saturated rings. The minimum absolute atomic E-state index is 0.0886. The Bertz CT molecular complexity index is 1290. The van der Waals surface area contributed by atoms with E-state index in [0.717, 1.165) is 28.0 Å². The molecule has 4 aromatic rings. The van der Waals surface area contributed by atoms with E-state index < -0.39 is 0 Å². The molecular formula is C26H26N4O3. The van der Waals surface area contributed by atoms with Crippen LogP contribution in [-0.2, 0) is 23.1 Å². The van der Waals surface area contributed by atoms with Crippen molar-refractivity contribution in [1.82, 2.24) is 14.9 Å². The van der Waals surface area contributed by atoms with Gasteiger partial charge in [0.05, 0.1) is 16.7 Å². The number of imidazole rings is 1. The molecule has 2 amide bonds. The summed E-state index contributed by atoms with van der Waals surface area (Å²) in [6.07, 6.45) is 0. The summed E-state index contributed by atoms with van der Waals surface area (Å²) in [6.45, 7) is 2.34. The van der Waals surface area contributed by atoms with Crippen LogP contribution in [0.3, 0.4) is 0 Å². The number of carbonyl (C=O) groups excluding carboxylic acids is 2. The monoisotopic (exact) mass is 442 g/mol. The van der Waals surface area contributed by atoms with Crippen LogP contribution < -0.4 is 10.6 Å². The Labute approximate surface area is 192 Å². The maximum absolute atomic E-state index is 13.0. The SMILES string of the molecule is COCC(=O)Nc1cc(C(=O)NCc2ccc(C)cc2)cc2nc(-c3ccccc3)n(C)c12. The average Bonchev–Trinajstić information content (AvgIpc) is 3.16. The van der Waals surface area contributed by atoms with Crippen LogP contribution in [0.4, 0.5) is 5.69 Å². The van der Waals surface area contributed by atoms with E-state index in [9.17, 15) is 9.59 Å². The summed E-state index contributed by atoms with van der Waals surface area (Å²) in [4.78, 5) is 30.0. The van der Waals surface area contributed by atoms with Crippen LogP contribution in [0, 0.1) is 6.92 Å². The van der Waals surface area contributed by atoms with Crippen molar-refractivity contribution in [3.05, 3.63) is 83.4 Å². The van der Waals surface area contributed by atoms with Gasteiger partial charge in [0, 0.05) is 31.8 Å². The number of nitrogens with one attached hydrogen (secondary N) is 2. The molecule has 7 nitrogen and oxygen atoms in total. The number of rotatable bonds is 7. The van der Waals surface area contributed by atoms with Gasteiger partial charge >= 0.3 is 0 Å². The van der Waals surface area contributed by atoms with Gasteiger partial charge in [-0.1, -0.05) is 60.2 Å². The number of methoxy groups -OCH3 is 1. The zero-order valence-corrected chi connectivity index (χ0v) is 18.9. The van der Waals surface area contributed by atoms with Crippen molar-refractivity contribution < 1.29 is 14.3 Å². The molecule has 0 saturated heterocycles. The molecule has 0 atom stereocenters. The van der Waals surface area contributed by atoms with E-state index >= 15 is 0 Å². The maximum atomic E-state index is 13.0. The van der Waals surface area contributed by atoms with Gasteiger partial charge in [-0.2, -0.15) is 0 Å². The molecule has 0 aliphatic carbocycles. The molecule has 1 aromatic heterocycles. The molecular weight excluding hydrogens is 416 g/mol. The van der Waals surface area contributed by atoms with Crippen molar-refractivity contribution in [2.45, 2.75) is 13.5 Å². The molecule has 0 unspecified atom stereocenters. The van der Waals surface area contributed by atoms with Crippen molar-refractivity contribution in [3.8, 4) is 11.4 Å². The number of anilines is 1. The molecule has 0 aliphatic rings. The van der Waals surface area contributed by atoms with Gasteiger partial charge in [-0.3, -0.25) is 9.59 Å². The fraction of sp³-hybridized carbons (Fsp3) is 0.192. The summed E-state index contributed by atoms with van der Waals surface area (Å²) < 4.78 is 6.87. The van der Waals surface area contributed by atoms with E-state index in [-0.39, 0.29) is 18.4 Å². The predicted octanol–water partition coefficient (Wildman–Crippen LogP) is 4.06. The largest absolute Gasteiger partial charge is 0.375 e. The number of hydrogen-bond donors (Lipinski definition) is 2. The van der Waals surface area contributed by atoms with Gasteiger partial charge in [-0.05, 0) is 24.6 Å². The third-order valence-corrected chi connectivity index (χ3v) is 5.39. The highest BCUT2D eigenvalue weighted by Crippen LogP contribution is 2.30. The number of benzene rings is 3. The molecule has 33 heavy (non-hydrogen) atoms. The molecule has 0 radical (unpaired) electrons. The Morgan fingerprint density at radius 2 is 1.76 bits per heavy atom. The number of fused-ring (bicyclic) bond motifs is 1. The first-order valence-corrected chi connectivity index (χ1v) is 10.6. The van der Waals surface area contributed by atoms with Crippen molar-refractivity contribution in [2.75, 3.05) is 19.0 Å². The van der Waals surface area contributed by atoms with Crippen LogP contribution in [0.15, 0.2) is 66.7 Å². The lowest BCUT2D eigenvalue weighted by molar-refractivity contribution is -0.119. The van der Waals surface area contributed by atoms with Crippen LogP contribution in [0.5, 0.6) is 0 Å². The Morgan fingerprint density at radius 3 is 2.45 bits per heavy atom. The normalized spacial score (nSPS) is 10.9. The third-order valence-electron chi connectivity index (χ3n) is 5.39. The van der Waals surface area contributed by atoms with E-state index in [4.69, 9.17) is 9.72 Å². The summed E-state index contributed by atoms with van der Waals surface area (Å²) in [7, 11) is 3.35. The molecule has 0 saturated carbocycles. The summed E-state index contributed by atoms with van der Waals surface area (Å²) in [5, 5.41) is 5.81. The lowest BCUT2D eigenvalue weighted by Crippen LogP contribution is -2.23. The zero-order valence-electron chi connectivity index (χ0n) is 18.9. The lowest BCUT2D eigenvalue weighted by atomic mass is 10.1. The van der Waals surface area contributed by atoms with Crippen LogP contribution in [0.25, 0.3) is 22.4 Å². The molecule has 168 valence electrons. The molecule has 3 aromatic carbocycles. The molecule has 7 heteroatoms. The predicted molar refractivity (Wildman–Crippen MR) is 129 cm³/mol. The van der Waals surface area contributed by atoms with E-state index in [1.165, 1.54) is 7.11 Å². The van der Waals surface area contributed by atoms with Crippen molar-refractivity contribution >= 4 is 28.5 Å². The minimum Gasteiger partial charge on any atom is -0.375 e. The average molecular weight is 443 g/mol. The first kappa shape index (κ1) is 22.2. The summed E-state index contributed by atoms with van der Waals surface area (Å²) in [5.41, 5.74) is 5.38. The molecule has 1 heterocycles. The van der Waals surface area contributed by atoms with E-state index in [2.05, 4.69) is 10.6 Å². The van der Waals surface area contributed by atoms with Crippen molar-refractivity contribution in [3.63, 3.8) is 0 Å².